The molecule has 0 aromatic carbocycles. The molecule has 0 radical (unpaired) electrons. The lowest BCUT2D eigenvalue weighted by molar-refractivity contribution is -0.146. The average Bonchev–Trinajstić information content (AvgIpc) is 2.99. The quantitative estimate of drug-likeness (QED) is 0.541. The summed E-state index contributed by atoms with van der Waals surface area (Å²) in [5.41, 5.74) is 1.28. The highest BCUT2D eigenvalue weighted by Gasteiger charge is 2.33. The largest absolute Gasteiger partial charge is 0.465 e. The number of hydrogen-bond acceptors (Lipinski definition) is 4. The van der Waals surface area contributed by atoms with E-state index < -0.39 is 0 Å². The minimum atomic E-state index is -0.357. The number of rotatable bonds is 8. The fraction of sp³-hybridized carbons (Fsp3) is 0.667. The van der Waals surface area contributed by atoms with Crippen molar-refractivity contribution in [3.63, 3.8) is 0 Å². The van der Waals surface area contributed by atoms with Crippen molar-refractivity contribution >= 4 is 11.9 Å². The summed E-state index contributed by atoms with van der Waals surface area (Å²) in [5, 5.41) is 0. The van der Waals surface area contributed by atoms with Crippen molar-refractivity contribution in [2.75, 3.05) is 13.2 Å². The summed E-state index contributed by atoms with van der Waals surface area (Å²) in [4.78, 5) is 24.7. The van der Waals surface area contributed by atoms with Crippen LogP contribution in [0.4, 0.5) is 0 Å². The smallest absolute Gasteiger partial charge is 0.339 e. The zero-order valence-corrected chi connectivity index (χ0v) is 14.2. The van der Waals surface area contributed by atoms with Gasteiger partial charge in [0.1, 0.15) is 0 Å². The molecule has 0 spiro atoms. The van der Waals surface area contributed by atoms with Crippen molar-refractivity contribution in [1.82, 2.24) is 4.57 Å². The van der Waals surface area contributed by atoms with E-state index in [2.05, 4.69) is 13.8 Å². The number of aryl methyl sites for hydroxylation is 1. The Bertz CT molecular complexity index is 535. The van der Waals surface area contributed by atoms with Crippen LogP contribution < -0.4 is 0 Å². The van der Waals surface area contributed by atoms with E-state index in [9.17, 15) is 9.59 Å². The van der Waals surface area contributed by atoms with Crippen molar-refractivity contribution in [2.45, 2.75) is 64.8 Å². The first-order chi connectivity index (χ1) is 11.2. The Morgan fingerprint density at radius 1 is 1.17 bits per heavy atom. The van der Waals surface area contributed by atoms with E-state index >= 15 is 0 Å². The van der Waals surface area contributed by atoms with Crippen LogP contribution in [-0.2, 0) is 20.8 Å². The van der Waals surface area contributed by atoms with E-state index in [1.807, 2.05) is 10.8 Å². The van der Waals surface area contributed by atoms with Crippen LogP contribution in [0.5, 0.6) is 0 Å². The topological polar surface area (TPSA) is 57.5 Å². The molecule has 5 heteroatoms. The summed E-state index contributed by atoms with van der Waals surface area (Å²) in [6.45, 7) is 5.81. The number of carbonyl (C=O) groups excluding carboxylic acids is 2. The van der Waals surface area contributed by atoms with Crippen molar-refractivity contribution < 1.29 is 19.1 Å². The summed E-state index contributed by atoms with van der Waals surface area (Å²) in [7, 11) is 0. The molecule has 0 fully saturated rings. The Balaban J connectivity index is 2.11. The summed E-state index contributed by atoms with van der Waals surface area (Å²) >= 11 is 0. The fourth-order valence-corrected chi connectivity index (χ4v) is 2.88. The van der Waals surface area contributed by atoms with Crippen LogP contribution in [-0.4, -0.2) is 29.7 Å². The van der Waals surface area contributed by atoms with Crippen LogP contribution in [0.25, 0.3) is 0 Å². The molecule has 0 saturated heterocycles. The number of esters is 2. The van der Waals surface area contributed by atoms with Crippen LogP contribution in [0, 0.1) is 0 Å². The van der Waals surface area contributed by atoms with Crippen LogP contribution in [0.2, 0.25) is 0 Å². The molecular weight excluding hydrogens is 294 g/mol. The molecule has 1 atom stereocenters. The van der Waals surface area contributed by atoms with Crippen molar-refractivity contribution in [3.8, 4) is 0 Å². The Kier molecular flexibility index (Phi) is 6.68. The molecule has 0 N–H and O–H groups in total. The van der Waals surface area contributed by atoms with Gasteiger partial charge in [-0.15, -0.1) is 0 Å². The summed E-state index contributed by atoms with van der Waals surface area (Å²) < 4.78 is 12.7. The highest BCUT2D eigenvalue weighted by molar-refractivity contribution is 5.93. The maximum absolute atomic E-state index is 12.4. The van der Waals surface area contributed by atoms with Gasteiger partial charge >= 0.3 is 11.9 Å². The fourth-order valence-electron chi connectivity index (χ4n) is 2.88. The number of carbonyl (C=O) groups is 2. The van der Waals surface area contributed by atoms with E-state index in [4.69, 9.17) is 9.47 Å². The van der Waals surface area contributed by atoms with E-state index in [0.717, 1.165) is 50.8 Å². The Labute approximate surface area is 138 Å². The van der Waals surface area contributed by atoms with Gasteiger partial charge in [0.25, 0.3) is 0 Å². The van der Waals surface area contributed by atoms with Crippen LogP contribution in [0.15, 0.2) is 12.3 Å². The Morgan fingerprint density at radius 3 is 2.57 bits per heavy atom. The van der Waals surface area contributed by atoms with Gasteiger partial charge in [0, 0.05) is 18.4 Å². The van der Waals surface area contributed by atoms with Gasteiger partial charge < -0.3 is 14.0 Å². The monoisotopic (exact) mass is 321 g/mol. The highest BCUT2D eigenvalue weighted by atomic mass is 16.5. The Morgan fingerprint density at radius 2 is 1.87 bits per heavy atom. The molecule has 1 unspecified atom stereocenters. The van der Waals surface area contributed by atoms with Gasteiger partial charge in [0.15, 0.2) is 0 Å². The second-order valence-electron chi connectivity index (χ2n) is 6.01. The third-order valence-electron chi connectivity index (χ3n) is 4.21. The first-order valence-corrected chi connectivity index (χ1v) is 8.71. The predicted octanol–water partition coefficient (Wildman–Crippen LogP) is 3.67. The van der Waals surface area contributed by atoms with E-state index in [1.54, 1.807) is 6.07 Å². The van der Waals surface area contributed by atoms with E-state index in [1.165, 1.54) is 0 Å². The molecule has 23 heavy (non-hydrogen) atoms. The number of fused-ring (bicyclic) bond motifs is 1. The second kappa shape index (κ2) is 8.75. The molecule has 2 rings (SSSR count). The summed E-state index contributed by atoms with van der Waals surface area (Å²) in [6, 6.07) is 1.77. The van der Waals surface area contributed by atoms with Crippen LogP contribution in [0.1, 0.15) is 74.3 Å². The van der Waals surface area contributed by atoms with Gasteiger partial charge in [0.05, 0.1) is 24.7 Å². The maximum Gasteiger partial charge on any atom is 0.339 e. The van der Waals surface area contributed by atoms with Crippen LogP contribution in [0.3, 0.4) is 0 Å². The van der Waals surface area contributed by atoms with Crippen molar-refractivity contribution in [3.05, 3.63) is 23.5 Å². The lowest BCUT2D eigenvalue weighted by Gasteiger charge is -2.24. The van der Waals surface area contributed by atoms with Gasteiger partial charge in [-0.1, -0.05) is 26.7 Å². The minimum Gasteiger partial charge on any atom is -0.465 e. The average molecular weight is 321 g/mol. The zero-order chi connectivity index (χ0) is 16.7. The number of unbranched alkanes of at least 4 members (excludes halogenated alkanes) is 2. The molecule has 0 amide bonds. The predicted molar refractivity (Wildman–Crippen MR) is 87.5 cm³/mol. The molecule has 2 heterocycles. The third-order valence-corrected chi connectivity index (χ3v) is 4.21. The molecule has 0 bridgehead atoms. The molecule has 5 nitrogen and oxygen atoms in total. The Hall–Kier alpha value is -1.78. The number of aromatic nitrogens is 1. The summed E-state index contributed by atoms with van der Waals surface area (Å²) in [5.74, 6) is -0.912. The van der Waals surface area contributed by atoms with Gasteiger partial charge in [-0.3, -0.25) is 4.79 Å². The maximum atomic E-state index is 12.4. The highest BCUT2D eigenvalue weighted by Crippen LogP contribution is 2.32. The van der Waals surface area contributed by atoms with Gasteiger partial charge in [-0.2, -0.15) is 0 Å². The van der Waals surface area contributed by atoms with Gasteiger partial charge in [-0.25, -0.2) is 4.79 Å². The van der Waals surface area contributed by atoms with Gasteiger partial charge in [0.2, 0.25) is 0 Å². The first kappa shape index (κ1) is 17.6. The van der Waals surface area contributed by atoms with Crippen molar-refractivity contribution in [2.24, 2.45) is 0 Å². The third kappa shape index (κ3) is 4.36. The van der Waals surface area contributed by atoms with Gasteiger partial charge in [-0.05, 0) is 31.7 Å². The number of nitrogens with zero attached hydrogens (tertiary/aromatic N) is 1. The van der Waals surface area contributed by atoms with E-state index in [0.29, 0.717) is 18.8 Å². The normalized spacial score (nSPS) is 16.7. The molecule has 1 aromatic heterocycles. The number of ether oxygens (including phenoxy) is 2. The molecule has 128 valence electrons. The molecule has 0 saturated carbocycles. The zero-order valence-electron chi connectivity index (χ0n) is 14.2. The standard InChI is InChI=1S/C18H27NO4/c1-3-5-12-22-17(20)14-8-7-10-19-11-9-15(16(14)19)18(21)23-13-6-4-2/h9,11,14H,3-8,10,12-13H2,1-2H3. The van der Waals surface area contributed by atoms with E-state index in [-0.39, 0.29) is 17.9 Å². The molecule has 1 aromatic rings. The van der Waals surface area contributed by atoms with Crippen molar-refractivity contribution in [1.29, 1.82) is 0 Å². The second-order valence-corrected chi connectivity index (χ2v) is 6.01. The number of hydrogen-bond donors (Lipinski definition) is 0. The molecular formula is C18H27NO4. The van der Waals surface area contributed by atoms with Crippen LogP contribution >= 0.6 is 0 Å². The molecule has 1 aliphatic rings. The molecule has 0 aliphatic carbocycles. The lowest BCUT2D eigenvalue weighted by Crippen LogP contribution is -2.26. The minimum absolute atomic E-state index is 0.222. The SMILES string of the molecule is CCCCOC(=O)c1ccn2c1C(C(=O)OCCCC)CCC2. The first-order valence-electron chi connectivity index (χ1n) is 8.71. The molecule has 1 aliphatic heterocycles. The lowest BCUT2D eigenvalue weighted by atomic mass is 9.93. The summed E-state index contributed by atoms with van der Waals surface area (Å²) in [6.07, 6.45) is 7.20.